The summed E-state index contributed by atoms with van der Waals surface area (Å²) in [6.45, 7) is 3.84. The summed E-state index contributed by atoms with van der Waals surface area (Å²) >= 11 is 5.70. The minimum Gasteiger partial charge on any atom is -0.450 e. The normalized spacial score (nSPS) is 10.3. The summed E-state index contributed by atoms with van der Waals surface area (Å²) in [4.78, 5) is 10.7. The average Bonchev–Trinajstić information content (AvgIpc) is 2.43. The van der Waals surface area contributed by atoms with Crippen molar-refractivity contribution in [2.75, 3.05) is 0 Å². The number of hydrogen-bond donors (Lipinski definition) is 0. The van der Waals surface area contributed by atoms with Crippen molar-refractivity contribution >= 4 is 17.3 Å². The van der Waals surface area contributed by atoms with E-state index in [0.29, 0.717) is 11.3 Å². The maximum atomic E-state index is 11.1. The highest BCUT2D eigenvalue weighted by atomic mass is 35.5. The molecule has 0 aliphatic rings. The van der Waals surface area contributed by atoms with Crippen molar-refractivity contribution in [1.29, 1.82) is 0 Å². The zero-order valence-corrected chi connectivity index (χ0v) is 12.0. The van der Waals surface area contributed by atoms with Crippen molar-refractivity contribution in [2.45, 2.75) is 19.7 Å². The van der Waals surface area contributed by atoms with E-state index in [1.165, 1.54) is 6.07 Å². The summed E-state index contributed by atoms with van der Waals surface area (Å²) < 4.78 is 5.70. The number of rotatable bonds is 4. The molecule has 0 amide bonds. The van der Waals surface area contributed by atoms with Crippen molar-refractivity contribution in [3.05, 3.63) is 63.2 Å². The van der Waals surface area contributed by atoms with Crippen LogP contribution in [0.25, 0.3) is 0 Å². The summed E-state index contributed by atoms with van der Waals surface area (Å²) in [6, 6.07) is 10.5. The Morgan fingerprint density at radius 2 is 1.90 bits per heavy atom. The smallest absolute Gasteiger partial charge is 0.311 e. The van der Waals surface area contributed by atoms with Gasteiger partial charge in [0.2, 0.25) is 5.75 Å². The summed E-state index contributed by atoms with van der Waals surface area (Å²) in [5.41, 5.74) is 2.56. The Morgan fingerprint density at radius 3 is 2.55 bits per heavy atom. The van der Waals surface area contributed by atoms with E-state index in [0.717, 1.165) is 11.1 Å². The molecule has 2 aromatic carbocycles. The lowest BCUT2D eigenvalue weighted by molar-refractivity contribution is -0.385. The van der Waals surface area contributed by atoms with Crippen LogP contribution >= 0.6 is 11.6 Å². The number of alkyl halides is 1. The van der Waals surface area contributed by atoms with Crippen molar-refractivity contribution in [3.8, 4) is 11.5 Å². The lowest BCUT2D eigenvalue weighted by Gasteiger charge is -2.10. The Kier molecular flexibility index (Phi) is 4.25. The molecule has 0 unspecified atom stereocenters. The van der Waals surface area contributed by atoms with Gasteiger partial charge in [0.25, 0.3) is 0 Å². The van der Waals surface area contributed by atoms with Crippen LogP contribution in [0.5, 0.6) is 11.5 Å². The van der Waals surface area contributed by atoms with Gasteiger partial charge in [0, 0.05) is 11.9 Å². The van der Waals surface area contributed by atoms with Crippen LogP contribution in [0.1, 0.15) is 16.7 Å². The van der Waals surface area contributed by atoms with Gasteiger partial charge in [0.15, 0.2) is 0 Å². The van der Waals surface area contributed by atoms with Crippen LogP contribution in [0.4, 0.5) is 5.69 Å². The zero-order chi connectivity index (χ0) is 14.7. The first kappa shape index (κ1) is 14.3. The number of aryl methyl sites for hydroxylation is 2. The fourth-order valence-electron chi connectivity index (χ4n) is 1.81. The lowest BCUT2D eigenvalue weighted by atomic mass is 10.1. The van der Waals surface area contributed by atoms with Crippen LogP contribution in [0, 0.1) is 24.0 Å². The second-order valence-corrected chi connectivity index (χ2v) is 4.83. The largest absolute Gasteiger partial charge is 0.450 e. The molecular formula is C15H14ClNO3. The molecule has 5 heteroatoms. The standard InChI is InChI=1S/C15H14ClNO3/c1-10-3-4-11(2)15(7-10)20-14-6-5-12(9-16)8-13(14)17(18)19/h3-8H,9H2,1-2H3. The molecule has 0 radical (unpaired) electrons. The van der Waals surface area contributed by atoms with Gasteiger partial charge in [-0.25, -0.2) is 0 Å². The number of ether oxygens (including phenoxy) is 1. The highest BCUT2D eigenvalue weighted by Gasteiger charge is 2.17. The molecule has 0 saturated heterocycles. The molecule has 2 rings (SSSR count). The average molecular weight is 292 g/mol. The van der Waals surface area contributed by atoms with Crippen LogP contribution in [0.3, 0.4) is 0 Å². The molecule has 0 N–H and O–H groups in total. The third-order valence-corrected chi connectivity index (χ3v) is 3.25. The first-order valence-corrected chi connectivity index (χ1v) is 6.63. The number of hydrogen-bond acceptors (Lipinski definition) is 3. The van der Waals surface area contributed by atoms with Gasteiger partial charge in [-0.2, -0.15) is 0 Å². The van der Waals surface area contributed by atoms with E-state index in [9.17, 15) is 10.1 Å². The van der Waals surface area contributed by atoms with Gasteiger partial charge in [-0.05, 0) is 42.7 Å². The molecule has 2 aromatic rings. The van der Waals surface area contributed by atoms with E-state index in [-0.39, 0.29) is 17.3 Å². The molecule has 20 heavy (non-hydrogen) atoms. The van der Waals surface area contributed by atoms with E-state index >= 15 is 0 Å². The monoisotopic (exact) mass is 291 g/mol. The molecule has 0 aliphatic heterocycles. The van der Waals surface area contributed by atoms with Gasteiger partial charge in [-0.1, -0.05) is 18.2 Å². The highest BCUT2D eigenvalue weighted by Crippen LogP contribution is 2.34. The molecule has 0 aromatic heterocycles. The summed E-state index contributed by atoms with van der Waals surface area (Å²) in [6.07, 6.45) is 0. The van der Waals surface area contributed by atoms with Gasteiger partial charge in [-0.15, -0.1) is 11.6 Å². The van der Waals surface area contributed by atoms with Crippen LogP contribution in [0.2, 0.25) is 0 Å². The first-order valence-electron chi connectivity index (χ1n) is 6.09. The van der Waals surface area contributed by atoms with Crippen molar-refractivity contribution in [3.63, 3.8) is 0 Å². The maximum Gasteiger partial charge on any atom is 0.311 e. The Hall–Kier alpha value is -2.07. The molecule has 0 bridgehead atoms. The second-order valence-electron chi connectivity index (χ2n) is 4.56. The third-order valence-electron chi connectivity index (χ3n) is 2.94. The number of benzene rings is 2. The molecular weight excluding hydrogens is 278 g/mol. The number of nitro groups is 1. The van der Waals surface area contributed by atoms with Crippen LogP contribution < -0.4 is 4.74 Å². The molecule has 0 fully saturated rings. The first-order chi connectivity index (χ1) is 9.51. The maximum absolute atomic E-state index is 11.1. The van der Waals surface area contributed by atoms with Crippen molar-refractivity contribution in [2.24, 2.45) is 0 Å². The van der Waals surface area contributed by atoms with E-state index in [1.54, 1.807) is 12.1 Å². The van der Waals surface area contributed by atoms with Crippen molar-refractivity contribution < 1.29 is 9.66 Å². The SMILES string of the molecule is Cc1ccc(C)c(Oc2ccc(CCl)cc2[N+](=O)[O-])c1. The molecule has 0 heterocycles. The number of nitrogens with zero attached hydrogens (tertiary/aromatic N) is 1. The number of nitro benzene ring substituents is 1. The second kappa shape index (κ2) is 5.92. The Labute approximate surface area is 122 Å². The fourth-order valence-corrected chi connectivity index (χ4v) is 1.98. The fraction of sp³-hybridized carbons (Fsp3) is 0.200. The summed E-state index contributed by atoms with van der Waals surface area (Å²) in [5, 5.41) is 11.1. The minimum absolute atomic E-state index is 0.0796. The third kappa shape index (κ3) is 3.08. The van der Waals surface area contributed by atoms with E-state index in [1.807, 2.05) is 32.0 Å². The topological polar surface area (TPSA) is 52.4 Å². The molecule has 0 aliphatic carbocycles. The van der Waals surface area contributed by atoms with Gasteiger partial charge in [0.1, 0.15) is 5.75 Å². The molecule has 0 atom stereocenters. The van der Waals surface area contributed by atoms with Crippen LogP contribution in [0.15, 0.2) is 36.4 Å². The van der Waals surface area contributed by atoms with E-state index in [4.69, 9.17) is 16.3 Å². The molecule has 104 valence electrons. The Bertz CT molecular complexity index is 656. The van der Waals surface area contributed by atoms with E-state index in [2.05, 4.69) is 0 Å². The van der Waals surface area contributed by atoms with Gasteiger partial charge in [0.05, 0.1) is 4.92 Å². The molecule has 0 spiro atoms. The minimum atomic E-state index is -0.462. The highest BCUT2D eigenvalue weighted by molar-refractivity contribution is 6.17. The van der Waals surface area contributed by atoms with Gasteiger partial charge in [-0.3, -0.25) is 10.1 Å². The van der Waals surface area contributed by atoms with Gasteiger partial charge < -0.3 is 4.74 Å². The predicted molar refractivity (Wildman–Crippen MR) is 78.6 cm³/mol. The zero-order valence-electron chi connectivity index (χ0n) is 11.2. The molecule has 4 nitrogen and oxygen atoms in total. The van der Waals surface area contributed by atoms with Gasteiger partial charge >= 0.3 is 5.69 Å². The quantitative estimate of drug-likeness (QED) is 0.464. The Balaban J connectivity index is 2.42. The predicted octanol–water partition coefficient (Wildman–Crippen LogP) is 4.74. The molecule has 0 saturated carbocycles. The van der Waals surface area contributed by atoms with Crippen LogP contribution in [-0.2, 0) is 5.88 Å². The van der Waals surface area contributed by atoms with E-state index < -0.39 is 4.92 Å². The summed E-state index contributed by atoms with van der Waals surface area (Å²) in [5.74, 6) is 1.06. The summed E-state index contributed by atoms with van der Waals surface area (Å²) in [7, 11) is 0. The number of halogens is 1. The van der Waals surface area contributed by atoms with Crippen LogP contribution in [-0.4, -0.2) is 4.92 Å². The Morgan fingerprint density at radius 1 is 1.15 bits per heavy atom. The van der Waals surface area contributed by atoms with Crippen molar-refractivity contribution in [1.82, 2.24) is 0 Å². The lowest BCUT2D eigenvalue weighted by Crippen LogP contribution is -1.96.